The number of hydrogen-bond acceptors (Lipinski definition) is 6. The van der Waals surface area contributed by atoms with Crippen molar-refractivity contribution in [3.8, 4) is 0 Å². The number of methoxy groups -OCH3 is 1. The molecule has 1 aromatic heterocycles. The minimum Gasteiger partial charge on any atom is -0.468 e. The van der Waals surface area contributed by atoms with Crippen LogP contribution < -0.4 is 4.80 Å². The molecular weight excluding hydrogens is 424 g/mol. The lowest BCUT2D eigenvalue weighted by Crippen LogP contribution is -2.23. The molecule has 158 valence electrons. The molecule has 9 heteroatoms. The minimum atomic E-state index is -3.57. The third-order valence-corrected chi connectivity index (χ3v) is 7.49. The standard InChI is InChI=1S/C21H22N2O5S2/c1-14-11-17-18(12-15(14)2)29-21(23(17)13-20(25)28-3)22-19(24)9-10-30(26,27)16-7-5-4-6-8-16/h4-8,11-12H,9-10,13H2,1-3H3. The normalized spacial score (nSPS) is 12.3. The van der Waals surface area contributed by atoms with Gasteiger partial charge >= 0.3 is 5.97 Å². The largest absolute Gasteiger partial charge is 0.468 e. The molecule has 0 aliphatic rings. The van der Waals surface area contributed by atoms with Crippen LogP contribution >= 0.6 is 11.3 Å². The fraction of sp³-hybridized carbons (Fsp3) is 0.286. The van der Waals surface area contributed by atoms with Gasteiger partial charge in [-0.05, 0) is 49.2 Å². The first kappa shape index (κ1) is 21.9. The van der Waals surface area contributed by atoms with Gasteiger partial charge in [0.1, 0.15) is 6.54 Å². The Labute approximate surface area is 178 Å². The van der Waals surface area contributed by atoms with E-state index in [1.807, 2.05) is 26.0 Å². The predicted octanol–water partition coefficient (Wildman–Crippen LogP) is 2.78. The summed E-state index contributed by atoms with van der Waals surface area (Å²) in [6, 6.07) is 11.9. The van der Waals surface area contributed by atoms with Crippen LogP contribution in [-0.4, -0.2) is 37.7 Å². The van der Waals surface area contributed by atoms with Crippen molar-refractivity contribution in [3.63, 3.8) is 0 Å². The molecule has 3 aromatic rings. The van der Waals surface area contributed by atoms with E-state index in [1.54, 1.807) is 22.8 Å². The summed E-state index contributed by atoms with van der Waals surface area (Å²) >= 11 is 1.28. The molecule has 0 saturated heterocycles. The summed E-state index contributed by atoms with van der Waals surface area (Å²) in [6.07, 6.45) is -0.248. The SMILES string of the molecule is COC(=O)Cn1c(=NC(=O)CCS(=O)(=O)c2ccccc2)sc2cc(C)c(C)cc21. The van der Waals surface area contributed by atoms with E-state index in [2.05, 4.69) is 4.99 Å². The number of hydrogen-bond donors (Lipinski definition) is 0. The number of fused-ring (bicyclic) bond motifs is 1. The molecule has 0 aliphatic carbocycles. The lowest BCUT2D eigenvalue weighted by Gasteiger charge is -2.05. The molecule has 0 N–H and O–H groups in total. The van der Waals surface area contributed by atoms with Crippen LogP contribution in [0.5, 0.6) is 0 Å². The van der Waals surface area contributed by atoms with Gasteiger partial charge < -0.3 is 9.30 Å². The van der Waals surface area contributed by atoms with Crippen LogP contribution in [0, 0.1) is 13.8 Å². The van der Waals surface area contributed by atoms with Gasteiger partial charge in [0.05, 0.1) is 28.0 Å². The molecule has 0 saturated carbocycles. The van der Waals surface area contributed by atoms with E-state index in [1.165, 1.54) is 30.6 Å². The van der Waals surface area contributed by atoms with Crippen LogP contribution in [0.2, 0.25) is 0 Å². The number of rotatable bonds is 6. The van der Waals surface area contributed by atoms with Crippen LogP contribution in [-0.2, 0) is 30.7 Å². The summed E-state index contributed by atoms with van der Waals surface area (Å²) in [6.45, 7) is 3.86. The Hall–Kier alpha value is -2.78. The van der Waals surface area contributed by atoms with E-state index in [0.29, 0.717) is 4.80 Å². The number of benzene rings is 2. The highest BCUT2D eigenvalue weighted by Gasteiger charge is 2.17. The first-order chi connectivity index (χ1) is 14.2. The average molecular weight is 447 g/mol. The second-order valence-electron chi connectivity index (χ2n) is 6.84. The van der Waals surface area contributed by atoms with Gasteiger partial charge in [-0.15, -0.1) is 0 Å². The highest BCUT2D eigenvalue weighted by molar-refractivity contribution is 7.91. The zero-order chi connectivity index (χ0) is 21.9. The van der Waals surface area contributed by atoms with Gasteiger partial charge in [-0.2, -0.15) is 4.99 Å². The van der Waals surface area contributed by atoms with Gasteiger partial charge in [0.2, 0.25) is 5.91 Å². The molecule has 3 rings (SSSR count). The highest BCUT2D eigenvalue weighted by atomic mass is 32.2. The first-order valence-electron chi connectivity index (χ1n) is 9.24. The third-order valence-electron chi connectivity index (χ3n) is 4.72. The van der Waals surface area contributed by atoms with Gasteiger partial charge in [0, 0.05) is 6.42 Å². The number of nitrogens with zero attached hydrogens (tertiary/aromatic N) is 2. The van der Waals surface area contributed by atoms with Crippen molar-refractivity contribution in [1.29, 1.82) is 0 Å². The number of esters is 1. The number of carbonyl (C=O) groups excluding carboxylic acids is 2. The smallest absolute Gasteiger partial charge is 0.325 e. The Morgan fingerprint density at radius 2 is 1.77 bits per heavy atom. The zero-order valence-corrected chi connectivity index (χ0v) is 18.5. The number of aryl methyl sites for hydroxylation is 2. The Bertz CT molecular complexity index is 1270. The second-order valence-corrected chi connectivity index (χ2v) is 9.96. The van der Waals surface area contributed by atoms with Crippen molar-refractivity contribution in [2.75, 3.05) is 12.9 Å². The van der Waals surface area contributed by atoms with E-state index >= 15 is 0 Å². The van der Waals surface area contributed by atoms with E-state index in [0.717, 1.165) is 21.3 Å². The summed E-state index contributed by atoms with van der Waals surface area (Å²) < 4.78 is 32.1. The van der Waals surface area contributed by atoms with Crippen LogP contribution in [0.15, 0.2) is 52.4 Å². The average Bonchev–Trinajstić information content (AvgIpc) is 3.03. The predicted molar refractivity (Wildman–Crippen MR) is 115 cm³/mol. The van der Waals surface area contributed by atoms with Crippen LogP contribution in [0.1, 0.15) is 17.5 Å². The number of amides is 1. The monoisotopic (exact) mass is 446 g/mol. The molecule has 0 radical (unpaired) electrons. The number of carbonyl (C=O) groups is 2. The van der Waals surface area contributed by atoms with Crippen LogP contribution in [0.25, 0.3) is 10.2 Å². The molecule has 2 aromatic carbocycles. The number of sulfone groups is 1. The van der Waals surface area contributed by atoms with Crippen LogP contribution in [0.3, 0.4) is 0 Å². The van der Waals surface area contributed by atoms with Gasteiger partial charge in [-0.3, -0.25) is 9.59 Å². The second kappa shape index (κ2) is 8.93. The van der Waals surface area contributed by atoms with Crippen molar-refractivity contribution in [3.05, 3.63) is 58.4 Å². The summed E-state index contributed by atoms with van der Waals surface area (Å²) in [5.74, 6) is -1.36. The summed E-state index contributed by atoms with van der Waals surface area (Å²) in [5.41, 5.74) is 2.91. The molecule has 7 nitrogen and oxygen atoms in total. The van der Waals surface area contributed by atoms with E-state index in [9.17, 15) is 18.0 Å². The topological polar surface area (TPSA) is 94.8 Å². The quantitative estimate of drug-likeness (QED) is 0.543. The van der Waals surface area contributed by atoms with E-state index in [4.69, 9.17) is 4.74 Å². The Balaban J connectivity index is 1.93. The first-order valence-corrected chi connectivity index (χ1v) is 11.7. The van der Waals surface area contributed by atoms with Crippen LogP contribution in [0.4, 0.5) is 0 Å². The number of thiazole rings is 1. The fourth-order valence-electron chi connectivity index (χ4n) is 2.88. The molecule has 0 bridgehead atoms. The Morgan fingerprint density at radius 1 is 1.10 bits per heavy atom. The summed E-state index contributed by atoms with van der Waals surface area (Å²) in [5, 5.41) is 0. The molecule has 0 spiro atoms. The molecule has 30 heavy (non-hydrogen) atoms. The third kappa shape index (κ3) is 4.85. The van der Waals surface area contributed by atoms with Crippen molar-refractivity contribution in [2.45, 2.75) is 31.7 Å². The van der Waals surface area contributed by atoms with Gasteiger partial charge in [0.15, 0.2) is 14.6 Å². The lowest BCUT2D eigenvalue weighted by molar-refractivity contribution is -0.141. The molecule has 0 atom stereocenters. The molecule has 0 unspecified atom stereocenters. The van der Waals surface area contributed by atoms with E-state index in [-0.39, 0.29) is 23.6 Å². The van der Waals surface area contributed by atoms with E-state index < -0.39 is 21.7 Å². The van der Waals surface area contributed by atoms with Crippen molar-refractivity contribution in [1.82, 2.24) is 4.57 Å². The zero-order valence-electron chi connectivity index (χ0n) is 16.9. The molecule has 1 amide bonds. The summed E-state index contributed by atoms with van der Waals surface area (Å²) in [4.78, 5) is 29.0. The highest BCUT2D eigenvalue weighted by Crippen LogP contribution is 2.22. The maximum Gasteiger partial charge on any atom is 0.325 e. The molecule has 1 heterocycles. The summed E-state index contributed by atoms with van der Waals surface area (Å²) in [7, 11) is -2.28. The fourth-order valence-corrected chi connectivity index (χ4v) is 5.26. The Morgan fingerprint density at radius 3 is 2.43 bits per heavy atom. The van der Waals surface area contributed by atoms with Crippen molar-refractivity contribution in [2.24, 2.45) is 4.99 Å². The van der Waals surface area contributed by atoms with Gasteiger partial charge in [0.25, 0.3) is 0 Å². The molecule has 0 aliphatic heterocycles. The Kier molecular flexibility index (Phi) is 6.52. The number of ether oxygens (including phenoxy) is 1. The van der Waals surface area contributed by atoms with Gasteiger partial charge in [-0.25, -0.2) is 8.42 Å². The molecular formula is C21H22N2O5S2. The maximum atomic E-state index is 12.5. The lowest BCUT2D eigenvalue weighted by atomic mass is 10.1. The van der Waals surface area contributed by atoms with Gasteiger partial charge in [-0.1, -0.05) is 29.5 Å². The molecule has 0 fully saturated rings. The number of aromatic nitrogens is 1. The maximum absolute atomic E-state index is 12.5. The minimum absolute atomic E-state index is 0.0899. The van der Waals surface area contributed by atoms with Crippen molar-refractivity contribution >= 4 is 43.3 Å². The van der Waals surface area contributed by atoms with Crippen molar-refractivity contribution < 1.29 is 22.7 Å².